The molecule has 0 radical (unpaired) electrons. The van der Waals surface area contributed by atoms with E-state index in [9.17, 15) is 13.6 Å². The van der Waals surface area contributed by atoms with Gasteiger partial charge in [-0.25, -0.2) is 13.6 Å². The number of carbonyl (C=O) groups is 1. The molecule has 1 saturated heterocycles. The lowest BCUT2D eigenvalue weighted by Crippen LogP contribution is -2.50. The Bertz CT molecular complexity index is 522. The highest BCUT2D eigenvalue weighted by Gasteiger charge is 2.23. The smallest absolute Gasteiger partial charge is 0.407 e. The Morgan fingerprint density at radius 2 is 1.83 bits per heavy atom. The van der Waals surface area contributed by atoms with Crippen LogP contribution in [0.5, 0.6) is 0 Å². The van der Waals surface area contributed by atoms with E-state index in [0.717, 1.165) is 12.8 Å². The third-order valence-corrected chi connectivity index (χ3v) is 4.62. The zero-order valence-electron chi connectivity index (χ0n) is 19.1. The van der Waals surface area contributed by atoms with Crippen molar-refractivity contribution in [3.05, 3.63) is 0 Å². The zero-order valence-corrected chi connectivity index (χ0v) is 21.5. The van der Waals surface area contributed by atoms with Crippen LogP contribution >= 0.6 is 24.0 Å². The zero-order chi connectivity index (χ0) is 22.0. The Morgan fingerprint density at radius 3 is 2.30 bits per heavy atom. The second-order valence-corrected chi connectivity index (χ2v) is 8.83. The largest absolute Gasteiger partial charge is 0.444 e. The minimum absolute atomic E-state index is 0. The predicted octanol–water partition coefficient (Wildman–Crippen LogP) is 3.44. The molecule has 1 unspecified atom stereocenters. The number of rotatable bonds is 8. The van der Waals surface area contributed by atoms with E-state index in [2.05, 4.69) is 20.9 Å². The normalized spacial score (nSPS) is 17.5. The van der Waals surface area contributed by atoms with Gasteiger partial charge in [0.2, 0.25) is 0 Å². The molecule has 0 aromatic rings. The molecule has 7 nitrogen and oxygen atoms in total. The minimum atomic E-state index is -2.29. The molecule has 0 aromatic carbocycles. The monoisotopic (exact) mass is 547 g/mol. The maximum atomic E-state index is 12.5. The summed E-state index contributed by atoms with van der Waals surface area (Å²) in [6.45, 7) is 13.8. The summed E-state index contributed by atoms with van der Waals surface area (Å²) in [5.74, 6) is 0.864. The summed E-state index contributed by atoms with van der Waals surface area (Å²) in [6.07, 6.45) is -1.15. The summed E-state index contributed by atoms with van der Waals surface area (Å²) in [7, 11) is 0. The highest BCUT2D eigenvalue weighted by atomic mass is 127. The van der Waals surface area contributed by atoms with Crippen molar-refractivity contribution in [2.75, 3.05) is 32.7 Å². The molecule has 1 rings (SSSR count). The van der Waals surface area contributed by atoms with Gasteiger partial charge in [-0.05, 0) is 46.5 Å². The van der Waals surface area contributed by atoms with Gasteiger partial charge in [-0.1, -0.05) is 13.8 Å². The molecule has 3 N–H and O–H groups in total. The molecule has 1 atom stereocenters. The van der Waals surface area contributed by atoms with E-state index in [-0.39, 0.29) is 48.5 Å². The van der Waals surface area contributed by atoms with E-state index in [4.69, 9.17) is 4.74 Å². The number of hydrogen-bond donors (Lipinski definition) is 3. The highest BCUT2D eigenvalue weighted by molar-refractivity contribution is 14.0. The van der Waals surface area contributed by atoms with Crippen molar-refractivity contribution < 1.29 is 18.3 Å². The van der Waals surface area contributed by atoms with Crippen LogP contribution in [-0.4, -0.2) is 73.8 Å². The number of carbonyl (C=O) groups excluding carboxylic acids is 1. The Labute approximate surface area is 197 Å². The van der Waals surface area contributed by atoms with Gasteiger partial charge in [-0.15, -0.1) is 24.0 Å². The maximum absolute atomic E-state index is 12.5. The number of alkyl halides is 2. The number of aliphatic imine (C=N–C) groups is 1. The lowest BCUT2D eigenvalue weighted by molar-refractivity contribution is 0.0493. The fourth-order valence-corrected chi connectivity index (χ4v) is 3.04. The fourth-order valence-electron chi connectivity index (χ4n) is 3.04. The standard InChI is InChI=1S/C20H39F2N5O2.HI/c1-7-23-18(25-15-8-10-27(11-9-15)13-17(21)22)24-12-16(14(2)3)26-19(28)29-20(4,5)6;/h14-17H,7-13H2,1-6H3,(H,26,28)(H2,23,24,25);1H. The third-order valence-electron chi connectivity index (χ3n) is 4.62. The summed E-state index contributed by atoms with van der Waals surface area (Å²) >= 11 is 0. The quantitative estimate of drug-likeness (QED) is 0.247. The molecular weight excluding hydrogens is 507 g/mol. The highest BCUT2D eigenvalue weighted by Crippen LogP contribution is 2.12. The van der Waals surface area contributed by atoms with Crippen LogP contribution in [0.3, 0.4) is 0 Å². The Balaban J connectivity index is 0.00000841. The summed E-state index contributed by atoms with van der Waals surface area (Å²) in [6, 6.07) is 0.0335. The van der Waals surface area contributed by atoms with Crippen molar-refractivity contribution in [2.45, 2.75) is 78.5 Å². The average Bonchev–Trinajstić information content (AvgIpc) is 2.58. The third kappa shape index (κ3) is 12.7. The minimum Gasteiger partial charge on any atom is -0.444 e. The van der Waals surface area contributed by atoms with Crippen LogP contribution in [0.25, 0.3) is 0 Å². The van der Waals surface area contributed by atoms with Crippen LogP contribution in [0, 0.1) is 5.92 Å². The molecule has 30 heavy (non-hydrogen) atoms. The van der Waals surface area contributed by atoms with Crippen molar-refractivity contribution in [3.63, 3.8) is 0 Å². The van der Waals surface area contributed by atoms with Crippen molar-refractivity contribution in [1.82, 2.24) is 20.9 Å². The van der Waals surface area contributed by atoms with Crippen molar-refractivity contribution in [1.29, 1.82) is 0 Å². The number of nitrogens with zero attached hydrogens (tertiary/aromatic N) is 2. The molecule has 1 aliphatic heterocycles. The van der Waals surface area contributed by atoms with Crippen molar-refractivity contribution >= 4 is 36.0 Å². The molecule has 0 bridgehead atoms. The number of nitrogens with one attached hydrogen (secondary N) is 3. The summed E-state index contributed by atoms with van der Waals surface area (Å²) in [4.78, 5) is 18.5. The molecular formula is C20H40F2IN5O2. The first-order valence-corrected chi connectivity index (χ1v) is 10.5. The Kier molecular flexibility index (Phi) is 13.8. The van der Waals surface area contributed by atoms with Gasteiger partial charge >= 0.3 is 6.09 Å². The average molecular weight is 547 g/mol. The van der Waals surface area contributed by atoms with Crippen LogP contribution in [0.4, 0.5) is 13.6 Å². The van der Waals surface area contributed by atoms with Crippen LogP contribution in [0.1, 0.15) is 54.4 Å². The molecule has 0 spiro atoms. The lowest BCUT2D eigenvalue weighted by Gasteiger charge is -2.33. The predicted molar refractivity (Wildman–Crippen MR) is 128 cm³/mol. The van der Waals surface area contributed by atoms with Gasteiger partial charge in [0.05, 0.1) is 19.1 Å². The fraction of sp³-hybridized carbons (Fsp3) is 0.900. The van der Waals surface area contributed by atoms with Gasteiger partial charge in [0.1, 0.15) is 5.60 Å². The number of ether oxygens (including phenoxy) is 1. The van der Waals surface area contributed by atoms with E-state index in [1.165, 1.54) is 0 Å². The van der Waals surface area contributed by atoms with Crippen molar-refractivity contribution in [2.24, 2.45) is 10.9 Å². The molecule has 1 fully saturated rings. The number of piperidine rings is 1. The second-order valence-electron chi connectivity index (χ2n) is 8.83. The van der Waals surface area contributed by atoms with E-state index in [0.29, 0.717) is 32.1 Å². The van der Waals surface area contributed by atoms with E-state index >= 15 is 0 Å². The molecule has 0 aliphatic carbocycles. The first-order chi connectivity index (χ1) is 13.5. The first kappa shape index (κ1) is 29.1. The Hall–Kier alpha value is -0.910. The lowest BCUT2D eigenvalue weighted by atomic mass is 10.0. The number of hydrogen-bond acceptors (Lipinski definition) is 4. The molecule has 1 heterocycles. The molecule has 0 saturated carbocycles. The molecule has 0 aromatic heterocycles. The van der Waals surface area contributed by atoms with Crippen molar-refractivity contribution in [3.8, 4) is 0 Å². The molecule has 178 valence electrons. The van der Waals surface area contributed by atoms with E-state index in [1.807, 2.05) is 41.5 Å². The van der Waals surface area contributed by atoms with Gasteiger partial charge in [0.15, 0.2) is 5.96 Å². The number of amides is 1. The SMILES string of the molecule is CCNC(=NCC(NC(=O)OC(C)(C)C)C(C)C)NC1CCN(CC(F)F)CC1.I. The van der Waals surface area contributed by atoms with Gasteiger partial charge in [-0.2, -0.15) is 0 Å². The number of alkyl carbamates (subject to hydrolysis) is 1. The first-order valence-electron chi connectivity index (χ1n) is 10.5. The number of halogens is 3. The van der Waals surface area contributed by atoms with Crippen LogP contribution in [-0.2, 0) is 4.74 Å². The maximum Gasteiger partial charge on any atom is 0.407 e. The van der Waals surface area contributed by atoms with Gasteiger partial charge < -0.3 is 20.7 Å². The van der Waals surface area contributed by atoms with E-state index < -0.39 is 18.1 Å². The molecule has 10 heteroatoms. The topological polar surface area (TPSA) is 78.0 Å². The van der Waals surface area contributed by atoms with Gasteiger partial charge in [-0.3, -0.25) is 9.89 Å². The molecule has 1 amide bonds. The Morgan fingerprint density at radius 1 is 1.23 bits per heavy atom. The van der Waals surface area contributed by atoms with Crippen LogP contribution in [0.15, 0.2) is 4.99 Å². The van der Waals surface area contributed by atoms with Gasteiger partial charge in [0, 0.05) is 25.7 Å². The summed E-state index contributed by atoms with van der Waals surface area (Å²) in [5, 5.41) is 9.51. The second kappa shape index (κ2) is 14.2. The molecule has 1 aliphatic rings. The van der Waals surface area contributed by atoms with Crippen LogP contribution < -0.4 is 16.0 Å². The van der Waals surface area contributed by atoms with Gasteiger partial charge in [0.25, 0.3) is 6.43 Å². The van der Waals surface area contributed by atoms with Crippen LogP contribution in [0.2, 0.25) is 0 Å². The summed E-state index contributed by atoms with van der Waals surface area (Å²) in [5.41, 5.74) is -0.551. The summed E-state index contributed by atoms with van der Waals surface area (Å²) < 4.78 is 30.4. The number of likely N-dealkylation sites (tertiary alicyclic amines) is 1. The number of guanidine groups is 1. The van der Waals surface area contributed by atoms with E-state index in [1.54, 1.807) is 4.90 Å².